The number of halogens is 1. The van der Waals surface area contributed by atoms with Gasteiger partial charge in [-0.25, -0.2) is 9.78 Å². The SMILES string of the molecule is COC(=O)c1c(NC(=S)Nc2nc3c(Cl)cccc3s2)sc2c1CCCCCC2. The molecule has 0 saturated heterocycles. The summed E-state index contributed by atoms with van der Waals surface area (Å²) < 4.78 is 6.05. The summed E-state index contributed by atoms with van der Waals surface area (Å²) in [6.45, 7) is 0. The number of carbonyl (C=O) groups is 1. The van der Waals surface area contributed by atoms with Gasteiger partial charge < -0.3 is 15.4 Å². The number of hydrogen-bond donors (Lipinski definition) is 2. The van der Waals surface area contributed by atoms with E-state index in [9.17, 15) is 4.79 Å². The number of para-hydroxylation sites is 1. The lowest BCUT2D eigenvalue weighted by Gasteiger charge is -2.11. The molecule has 2 aromatic heterocycles. The van der Waals surface area contributed by atoms with Crippen molar-refractivity contribution in [2.24, 2.45) is 0 Å². The van der Waals surface area contributed by atoms with Crippen molar-refractivity contribution in [1.29, 1.82) is 0 Å². The number of nitrogens with one attached hydrogen (secondary N) is 2. The molecular formula is C20H20ClN3O2S3. The summed E-state index contributed by atoms with van der Waals surface area (Å²) in [6.07, 6.45) is 6.54. The number of nitrogens with zero attached hydrogens (tertiary/aromatic N) is 1. The molecule has 0 saturated carbocycles. The molecule has 0 aliphatic heterocycles. The van der Waals surface area contributed by atoms with E-state index in [2.05, 4.69) is 15.6 Å². The van der Waals surface area contributed by atoms with E-state index < -0.39 is 0 Å². The fraction of sp³-hybridized carbons (Fsp3) is 0.350. The van der Waals surface area contributed by atoms with E-state index in [1.807, 2.05) is 18.2 Å². The number of thiocarbonyl (C=S) groups is 1. The maximum atomic E-state index is 12.5. The van der Waals surface area contributed by atoms with E-state index in [0.717, 1.165) is 46.5 Å². The number of esters is 1. The van der Waals surface area contributed by atoms with Crippen LogP contribution in [0.1, 0.15) is 46.5 Å². The number of fused-ring (bicyclic) bond motifs is 2. The van der Waals surface area contributed by atoms with E-state index in [-0.39, 0.29) is 5.97 Å². The summed E-state index contributed by atoms with van der Waals surface area (Å²) in [5.41, 5.74) is 2.48. The molecule has 0 amide bonds. The summed E-state index contributed by atoms with van der Waals surface area (Å²) in [5.74, 6) is -0.319. The third kappa shape index (κ3) is 4.40. The van der Waals surface area contributed by atoms with Gasteiger partial charge in [-0.2, -0.15) is 0 Å². The number of ether oxygens (including phenoxy) is 1. The number of anilines is 2. The number of hydrogen-bond acceptors (Lipinski definition) is 6. The topological polar surface area (TPSA) is 63.2 Å². The molecule has 4 rings (SSSR count). The van der Waals surface area contributed by atoms with Crippen LogP contribution in [0.5, 0.6) is 0 Å². The summed E-state index contributed by atoms with van der Waals surface area (Å²) in [4.78, 5) is 18.3. The first kappa shape index (κ1) is 20.5. The Morgan fingerprint density at radius 2 is 1.97 bits per heavy atom. The minimum atomic E-state index is -0.319. The van der Waals surface area contributed by atoms with Crippen LogP contribution in [0.3, 0.4) is 0 Å². The molecule has 5 nitrogen and oxygen atoms in total. The molecule has 0 fully saturated rings. The predicted molar refractivity (Wildman–Crippen MR) is 126 cm³/mol. The third-order valence-corrected chi connectivity index (χ3v) is 7.53. The van der Waals surface area contributed by atoms with Crippen LogP contribution < -0.4 is 10.6 Å². The standard InChI is InChI=1S/C20H20ClN3O2S3/c1-26-18(25)15-11-7-4-2-3-5-9-13(11)28-17(15)23-19(27)24-20-22-16-12(21)8-6-10-14(16)29-20/h6,8,10H,2-5,7,9H2,1H3,(H2,22,23,24,27). The number of thiophene rings is 1. The first-order chi connectivity index (χ1) is 14.1. The van der Waals surface area contributed by atoms with Crippen molar-refractivity contribution in [2.75, 3.05) is 17.7 Å². The van der Waals surface area contributed by atoms with Crippen LogP contribution in [-0.2, 0) is 17.6 Å². The Morgan fingerprint density at radius 1 is 1.17 bits per heavy atom. The number of methoxy groups -OCH3 is 1. The molecule has 0 unspecified atom stereocenters. The Kier molecular flexibility index (Phi) is 6.34. The van der Waals surface area contributed by atoms with E-state index in [4.69, 9.17) is 28.6 Å². The largest absolute Gasteiger partial charge is 0.465 e. The molecule has 152 valence electrons. The van der Waals surface area contributed by atoms with Gasteiger partial charge >= 0.3 is 5.97 Å². The van der Waals surface area contributed by atoms with Gasteiger partial charge in [0.15, 0.2) is 10.2 Å². The van der Waals surface area contributed by atoms with Crippen LogP contribution in [0.4, 0.5) is 10.1 Å². The van der Waals surface area contributed by atoms with Crippen LogP contribution in [0.15, 0.2) is 18.2 Å². The molecule has 2 N–H and O–H groups in total. The minimum absolute atomic E-state index is 0.319. The Bertz CT molecular complexity index is 1080. The number of aromatic nitrogens is 1. The van der Waals surface area contributed by atoms with Crippen molar-refractivity contribution in [3.8, 4) is 0 Å². The van der Waals surface area contributed by atoms with Crippen molar-refractivity contribution < 1.29 is 9.53 Å². The molecular weight excluding hydrogens is 446 g/mol. The lowest BCUT2D eigenvalue weighted by molar-refractivity contribution is 0.0601. The quantitative estimate of drug-likeness (QED) is 0.351. The van der Waals surface area contributed by atoms with Crippen molar-refractivity contribution in [3.63, 3.8) is 0 Å². The average molecular weight is 466 g/mol. The lowest BCUT2D eigenvalue weighted by Crippen LogP contribution is -2.20. The van der Waals surface area contributed by atoms with Crippen LogP contribution in [0, 0.1) is 0 Å². The van der Waals surface area contributed by atoms with Gasteiger partial charge in [-0.3, -0.25) is 0 Å². The van der Waals surface area contributed by atoms with Gasteiger partial charge in [0.2, 0.25) is 0 Å². The summed E-state index contributed by atoms with van der Waals surface area (Å²) in [6, 6.07) is 5.68. The molecule has 3 aromatic rings. The van der Waals surface area contributed by atoms with Gasteiger partial charge in [-0.05, 0) is 55.6 Å². The predicted octanol–water partition coefficient (Wildman–Crippen LogP) is 6.27. The Labute approximate surface area is 187 Å². The molecule has 1 aliphatic rings. The Morgan fingerprint density at radius 3 is 2.72 bits per heavy atom. The highest BCUT2D eigenvalue weighted by Crippen LogP contribution is 2.38. The van der Waals surface area contributed by atoms with Gasteiger partial charge in [-0.15, -0.1) is 11.3 Å². The molecule has 0 atom stereocenters. The zero-order valence-electron chi connectivity index (χ0n) is 15.8. The van der Waals surface area contributed by atoms with E-state index in [1.165, 1.54) is 36.2 Å². The second-order valence-corrected chi connectivity index (χ2v) is 9.75. The van der Waals surface area contributed by atoms with Crippen molar-refractivity contribution in [1.82, 2.24) is 4.98 Å². The molecule has 9 heteroatoms. The molecule has 0 spiro atoms. The maximum absolute atomic E-state index is 12.5. The highest BCUT2D eigenvalue weighted by atomic mass is 35.5. The number of benzene rings is 1. The lowest BCUT2D eigenvalue weighted by atomic mass is 9.96. The first-order valence-corrected chi connectivity index (χ1v) is 11.8. The number of thiazole rings is 1. The second-order valence-electron chi connectivity index (χ2n) is 6.80. The zero-order chi connectivity index (χ0) is 20.4. The Balaban J connectivity index is 1.58. The van der Waals surface area contributed by atoms with Gasteiger partial charge in [-0.1, -0.05) is 41.8 Å². The summed E-state index contributed by atoms with van der Waals surface area (Å²) in [7, 11) is 1.42. The number of aryl methyl sites for hydroxylation is 1. The van der Waals surface area contributed by atoms with Gasteiger partial charge in [0.05, 0.1) is 22.4 Å². The zero-order valence-corrected chi connectivity index (χ0v) is 19.0. The fourth-order valence-electron chi connectivity index (χ4n) is 3.53. The highest BCUT2D eigenvalue weighted by molar-refractivity contribution is 7.80. The fourth-order valence-corrected chi connectivity index (χ4v) is 6.31. The molecule has 1 aliphatic carbocycles. The maximum Gasteiger partial charge on any atom is 0.341 e. The Hall–Kier alpha value is -1.74. The third-order valence-electron chi connectivity index (χ3n) is 4.88. The minimum Gasteiger partial charge on any atom is -0.465 e. The first-order valence-electron chi connectivity index (χ1n) is 9.42. The normalized spacial score (nSPS) is 14.0. The molecule has 1 aromatic carbocycles. The number of carbonyl (C=O) groups excluding carboxylic acids is 1. The molecule has 0 radical (unpaired) electrons. The average Bonchev–Trinajstić information content (AvgIpc) is 3.23. The van der Waals surface area contributed by atoms with E-state index in [1.54, 1.807) is 11.3 Å². The van der Waals surface area contributed by atoms with Crippen LogP contribution >= 0.6 is 46.5 Å². The van der Waals surface area contributed by atoms with Gasteiger partial charge in [0.1, 0.15) is 10.5 Å². The smallest absolute Gasteiger partial charge is 0.341 e. The van der Waals surface area contributed by atoms with Crippen molar-refractivity contribution in [3.05, 3.63) is 39.2 Å². The summed E-state index contributed by atoms with van der Waals surface area (Å²) >= 11 is 14.8. The molecule has 2 heterocycles. The van der Waals surface area contributed by atoms with Crippen LogP contribution in [0.25, 0.3) is 10.2 Å². The van der Waals surface area contributed by atoms with Crippen LogP contribution in [-0.4, -0.2) is 23.2 Å². The second kappa shape index (κ2) is 8.95. The monoisotopic (exact) mass is 465 g/mol. The molecule has 29 heavy (non-hydrogen) atoms. The number of rotatable bonds is 3. The van der Waals surface area contributed by atoms with Crippen LogP contribution in [0.2, 0.25) is 5.02 Å². The highest BCUT2D eigenvalue weighted by Gasteiger charge is 2.25. The summed E-state index contributed by atoms with van der Waals surface area (Å²) in [5, 5.41) is 8.71. The van der Waals surface area contributed by atoms with Crippen molar-refractivity contribution >= 4 is 77.9 Å². The van der Waals surface area contributed by atoms with Crippen molar-refractivity contribution in [2.45, 2.75) is 38.5 Å². The van der Waals surface area contributed by atoms with E-state index in [0.29, 0.717) is 20.8 Å². The molecule has 0 bridgehead atoms. The van der Waals surface area contributed by atoms with Gasteiger partial charge in [0.25, 0.3) is 0 Å². The van der Waals surface area contributed by atoms with E-state index >= 15 is 0 Å². The van der Waals surface area contributed by atoms with Gasteiger partial charge in [0, 0.05) is 4.88 Å².